The maximum absolute atomic E-state index is 13.3. The summed E-state index contributed by atoms with van der Waals surface area (Å²) in [4.78, 5) is 23.9. The van der Waals surface area contributed by atoms with Gasteiger partial charge in [0.15, 0.2) is 0 Å². The van der Waals surface area contributed by atoms with Crippen LogP contribution in [0, 0.1) is 0 Å². The Hall–Kier alpha value is -3.96. The minimum atomic E-state index is -3.01. The number of rotatable bonds is 4. The fourth-order valence-electron chi connectivity index (χ4n) is 6.74. The molecular weight excluding hydrogens is 506 g/mol. The Morgan fingerprint density at radius 2 is 1.90 bits per heavy atom. The predicted octanol–water partition coefficient (Wildman–Crippen LogP) is 3.75. The summed E-state index contributed by atoms with van der Waals surface area (Å²) in [5, 5.41) is 14.9. The van der Waals surface area contributed by atoms with Gasteiger partial charge in [-0.1, -0.05) is 6.07 Å². The van der Waals surface area contributed by atoms with Crippen molar-refractivity contribution in [2.75, 3.05) is 7.05 Å². The van der Waals surface area contributed by atoms with Gasteiger partial charge in [-0.05, 0) is 43.2 Å². The molecule has 2 aliphatic carbocycles. The standard InChI is InChI=1S/C28H26F2N6O3/c1-27(38)12-28(31,13-27)25-32-10-15(11-33-25)14-6-7-36-18(8-14)22-17-9-19(23(22)34-36)35(2)24(37)16-4-3-5-20(21(16)17)39-26(29)30/h3-8,10-11,17,19,26,38H,9,12-13,31H2,1-2H3/t17-,19-,27?,28?/m1/s1. The molecule has 3 aromatic heterocycles. The number of fused-ring (bicyclic) bond motifs is 9. The van der Waals surface area contributed by atoms with Gasteiger partial charge in [-0.3, -0.25) is 4.79 Å². The van der Waals surface area contributed by atoms with Crippen molar-refractivity contribution >= 4 is 11.4 Å². The van der Waals surface area contributed by atoms with Crippen LogP contribution in [0.1, 0.15) is 71.1 Å². The lowest BCUT2D eigenvalue weighted by molar-refractivity contribution is -0.0769. The fourth-order valence-corrected chi connectivity index (χ4v) is 6.74. The fraction of sp³-hybridized carbons (Fsp3) is 0.357. The molecule has 0 saturated heterocycles. The van der Waals surface area contributed by atoms with Crippen molar-refractivity contribution < 1.29 is 23.4 Å². The second-order valence-corrected chi connectivity index (χ2v) is 11.2. The van der Waals surface area contributed by atoms with E-state index in [9.17, 15) is 18.7 Å². The molecule has 3 N–H and O–H groups in total. The van der Waals surface area contributed by atoms with Crippen molar-refractivity contribution in [1.29, 1.82) is 0 Å². The second kappa shape index (κ2) is 8.03. The van der Waals surface area contributed by atoms with E-state index in [0.717, 1.165) is 27.9 Å². The van der Waals surface area contributed by atoms with Crippen molar-refractivity contribution in [2.24, 2.45) is 5.73 Å². The van der Waals surface area contributed by atoms with Crippen LogP contribution >= 0.6 is 0 Å². The molecule has 11 heteroatoms. The molecular formula is C28H26F2N6O3. The summed E-state index contributed by atoms with van der Waals surface area (Å²) in [5.74, 6) is -0.0971. The van der Waals surface area contributed by atoms with E-state index in [1.165, 1.54) is 6.07 Å². The highest BCUT2D eigenvalue weighted by atomic mass is 19.3. The van der Waals surface area contributed by atoms with Gasteiger partial charge in [0.25, 0.3) is 5.91 Å². The Morgan fingerprint density at radius 1 is 1.15 bits per heavy atom. The molecule has 0 radical (unpaired) electrons. The van der Waals surface area contributed by atoms with Crippen molar-refractivity contribution in [2.45, 2.75) is 55.9 Å². The zero-order valence-corrected chi connectivity index (χ0v) is 21.3. The lowest BCUT2D eigenvalue weighted by atomic mass is 9.66. The third-order valence-corrected chi connectivity index (χ3v) is 8.30. The van der Waals surface area contributed by atoms with Gasteiger partial charge >= 0.3 is 6.61 Å². The Bertz CT molecular complexity index is 1640. The SMILES string of the molecule is CN1C(=O)c2cccc(OC(F)F)c2[C@H]2C[C@@H]1c1nn3ccc(-c4cnc(C5(N)CC(C)(O)C5)nc4)cc3c12. The number of aliphatic hydroxyl groups is 1. The van der Waals surface area contributed by atoms with E-state index in [-0.39, 0.29) is 23.6 Å². The highest BCUT2D eigenvalue weighted by Crippen LogP contribution is 2.53. The number of alkyl halides is 2. The van der Waals surface area contributed by atoms with Crippen molar-refractivity contribution in [3.05, 3.63) is 77.1 Å². The van der Waals surface area contributed by atoms with Crippen molar-refractivity contribution in [1.82, 2.24) is 24.5 Å². The molecule has 1 amide bonds. The molecule has 0 spiro atoms. The van der Waals surface area contributed by atoms with E-state index in [1.54, 1.807) is 47.9 Å². The number of amides is 1. The van der Waals surface area contributed by atoms with Gasteiger partial charge in [0, 0.05) is 66.7 Å². The first-order valence-corrected chi connectivity index (χ1v) is 12.8. The van der Waals surface area contributed by atoms with E-state index in [0.29, 0.717) is 36.2 Å². The quantitative estimate of drug-likeness (QED) is 0.411. The van der Waals surface area contributed by atoms with Crippen molar-refractivity contribution in [3.63, 3.8) is 0 Å². The van der Waals surface area contributed by atoms with E-state index < -0.39 is 17.8 Å². The summed E-state index contributed by atoms with van der Waals surface area (Å²) >= 11 is 0. The van der Waals surface area contributed by atoms with Gasteiger partial charge in [-0.15, -0.1) is 0 Å². The molecule has 1 aromatic carbocycles. The van der Waals surface area contributed by atoms with Gasteiger partial charge in [0.1, 0.15) is 11.6 Å². The number of halogens is 2. The topological polar surface area (TPSA) is 119 Å². The van der Waals surface area contributed by atoms with Crippen LogP contribution in [0.2, 0.25) is 0 Å². The number of pyridine rings is 1. The number of carbonyl (C=O) groups excluding carboxylic acids is 1. The number of aromatic nitrogens is 4. The number of hydrogen-bond donors (Lipinski definition) is 2. The molecule has 39 heavy (non-hydrogen) atoms. The summed E-state index contributed by atoms with van der Waals surface area (Å²) in [6.07, 6.45) is 6.58. The smallest absolute Gasteiger partial charge is 0.387 e. The highest BCUT2D eigenvalue weighted by molar-refractivity contribution is 5.98. The average Bonchev–Trinajstić information content (AvgIpc) is 3.40. The third-order valence-electron chi connectivity index (χ3n) is 8.30. The molecule has 9 nitrogen and oxygen atoms in total. The number of carbonyl (C=O) groups is 1. The maximum atomic E-state index is 13.3. The van der Waals surface area contributed by atoms with Gasteiger partial charge in [-0.2, -0.15) is 13.9 Å². The van der Waals surface area contributed by atoms with Crippen LogP contribution in [0.25, 0.3) is 16.6 Å². The molecule has 200 valence electrons. The highest BCUT2D eigenvalue weighted by Gasteiger charge is 2.51. The van der Waals surface area contributed by atoms with Crippen LogP contribution in [-0.2, 0) is 5.54 Å². The van der Waals surface area contributed by atoms with Gasteiger partial charge in [0.2, 0.25) is 0 Å². The molecule has 7 rings (SSSR count). The molecule has 2 atom stereocenters. The monoisotopic (exact) mass is 532 g/mol. The molecule has 3 aliphatic rings. The Balaban J connectivity index is 1.33. The van der Waals surface area contributed by atoms with Crippen LogP contribution in [0.5, 0.6) is 5.75 Å². The summed E-state index contributed by atoms with van der Waals surface area (Å²) < 4.78 is 33.3. The van der Waals surface area contributed by atoms with Gasteiger partial charge in [0.05, 0.1) is 28.4 Å². The molecule has 2 bridgehead atoms. The molecule has 1 aliphatic heterocycles. The normalized spacial score (nSPS) is 27.4. The van der Waals surface area contributed by atoms with Crippen LogP contribution in [0.4, 0.5) is 8.78 Å². The second-order valence-electron chi connectivity index (χ2n) is 11.2. The number of ether oxygens (including phenoxy) is 1. The molecule has 4 heterocycles. The van der Waals surface area contributed by atoms with Gasteiger partial charge < -0.3 is 20.5 Å². The van der Waals surface area contributed by atoms with Crippen LogP contribution in [-0.4, -0.2) is 54.8 Å². The third kappa shape index (κ3) is 3.56. The minimum Gasteiger partial charge on any atom is -0.434 e. The Morgan fingerprint density at radius 3 is 2.59 bits per heavy atom. The zero-order valence-electron chi connectivity index (χ0n) is 21.3. The van der Waals surface area contributed by atoms with Crippen LogP contribution in [0.15, 0.2) is 48.9 Å². The number of hydrogen-bond acceptors (Lipinski definition) is 7. The molecule has 4 aromatic rings. The first kappa shape index (κ1) is 24.1. The average molecular weight is 533 g/mol. The van der Waals surface area contributed by atoms with E-state index >= 15 is 0 Å². The first-order chi connectivity index (χ1) is 18.5. The minimum absolute atomic E-state index is 0.00734. The Labute approximate surface area is 222 Å². The summed E-state index contributed by atoms with van der Waals surface area (Å²) in [5.41, 5.74) is 9.74. The largest absolute Gasteiger partial charge is 0.434 e. The summed E-state index contributed by atoms with van der Waals surface area (Å²) in [6, 6.07) is 8.29. The maximum Gasteiger partial charge on any atom is 0.387 e. The molecule has 1 fully saturated rings. The predicted molar refractivity (Wildman–Crippen MR) is 136 cm³/mol. The summed E-state index contributed by atoms with van der Waals surface area (Å²) in [7, 11) is 1.72. The number of nitrogens with two attached hydrogens (primary N) is 1. The summed E-state index contributed by atoms with van der Waals surface area (Å²) in [6.45, 7) is -1.27. The first-order valence-electron chi connectivity index (χ1n) is 12.8. The lowest BCUT2D eigenvalue weighted by Gasteiger charge is -2.48. The molecule has 0 unspecified atom stereocenters. The van der Waals surface area contributed by atoms with Gasteiger partial charge in [-0.25, -0.2) is 14.5 Å². The number of benzene rings is 1. The van der Waals surface area contributed by atoms with E-state index in [4.69, 9.17) is 15.6 Å². The van der Waals surface area contributed by atoms with Crippen molar-refractivity contribution in [3.8, 4) is 16.9 Å². The zero-order chi connectivity index (χ0) is 27.3. The van der Waals surface area contributed by atoms with E-state index in [1.807, 2.05) is 18.3 Å². The number of nitrogens with zero attached hydrogens (tertiary/aromatic N) is 5. The molecule has 1 saturated carbocycles. The lowest BCUT2D eigenvalue weighted by Crippen LogP contribution is -2.59. The van der Waals surface area contributed by atoms with Crippen LogP contribution in [0.3, 0.4) is 0 Å². The Kier molecular flexibility index (Phi) is 4.96. The van der Waals surface area contributed by atoms with E-state index in [2.05, 4.69) is 9.97 Å². The van der Waals surface area contributed by atoms with Crippen LogP contribution < -0.4 is 10.5 Å².